The molecule has 154 valence electrons. The molecule has 0 aliphatic rings. The number of alkyl halides is 3. The Morgan fingerprint density at radius 2 is 1.77 bits per heavy atom. The second-order valence-electron chi connectivity index (χ2n) is 6.24. The second kappa shape index (κ2) is 8.16. The number of nitrogens with zero attached hydrogens (tertiary/aromatic N) is 2. The molecule has 1 aromatic carbocycles. The monoisotopic (exact) mass is 416 g/mol. The van der Waals surface area contributed by atoms with Crippen LogP contribution in [0.25, 0.3) is 5.88 Å². The van der Waals surface area contributed by atoms with Gasteiger partial charge in [-0.05, 0) is 43.3 Å². The van der Waals surface area contributed by atoms with Crippen LogP contribution < -0.4 is 10.6 Å². The molecule has 0 atom stereocenters. The van der Waals surface area contributed by atoms with Gasteiger partial charge in [-0.3, -0.25) is 14.2 Å². The molecule has 2 heterocycles. The molecule has 2 aromatic heterocycles. The first-order valence-corrected chi connectivity index (χ1v) is 8.63. The summed E-state index contributed by atoms with van der Waals surface area (Å²) in [6.45, 7) is 0.113. The fourth-order valence-electron chi connectivity index (χ4n) is 2.74. The number of amides is 2. The number of hydrogen-bond donors (Lipinski definition) is 2. The lowest BCUT2D eigenvalue weighted by atomic mass is 10.1. The quantitative estimate of drug-likeness (QED) is 0.661. The van der Waals surface area contributed by atoms with E-state index in [0.29, 0.717) is 5.69 Å². The van der Waals surface area contributed by atoms with Crippen molar-refractivity contribution < 1.29 is 27.2 Å². The number of anilines is 1. The second-order valence-corrected chi connectivity index (χ2v) is 6.24. The van der Waals surface area contributed by atoms with Gasteiger partial charge in [0.25, 0.3) is 11.8 Å². The summed E-state index contributed by atoms with van der Waals surface area (Å²) in [6.07, 6.45) is -1.17. The van der Waals surface area contributed by atoms with Crippen LogP contribution in [0.1, 0.15) is 32.0 Å². The Labute approximate surface area is 168 Å². The topological polar surface area (TPSA) is 100 Å². The fourth-order valence-corrected chi connectivity index (χ4v) is 2.74. The van der Waals surface area contributed by atoms with Crippen molar-refractivity contribution in [3.05, 3.63) is 71.2 Å². The summed E-state index contributed by atoms with van der Waals surface area (Å²) in [6, 6.07) is 10.7. The fraction of sp³-hybridized carbons (Fsp3) is 0.150. The number of rotatable bonds is 5. The van der Waals surface area contributed by atoms with E-state index in [-0.39, 0.29) is 28.3 Å². The van der Waals surface area contributed by atoms with Crippen molar-refractivity contribution in [3.63, 3.8) is 0 Å². The minimum atomic E-state index is -4.51. The van der Waals surface area contributed by atoms with Crippen molar-refractivity contribution in [1.82, 2.24) is 9.88 Å². The molecule has 30 heavy (non-hydrogen) atoms. The molecule has 0 aliphatic carbocycles. The maximum Gasteiger partial charge on any atom is 0.405 e. The van der Waals surface area contributed by atoms with Crippen molar-refractivity contribution in [2.75, 3.05) is 11.9 Å². The number of aromatic nitrogens is 1. The van der Waals surface area contributed by atoms with E-state index in [1.807, 2.05) is 6.07 Å². The molecule has 3 rings (SSSR count). The van der Waals surface area contributed by atoms with E-state index < -0.39 is 24.5 Å². The van der Waals surface area contributed by atoms with E-state index in [0.717, 1.165) is 0 Å². The number of carbonyl (C=O) groups is 2. The standard InChI is InChI=1S/C20H15F3N4O3/c1-12-16(15(10-24)19(30-12)27-8-2-3-9-27)18(29)26-14-6-4-13(5-7-14)17(28)25-11-20(21,22)23/h2-9H,11H2,1H3,(H,25,28)(H,26,29). The summed E-state index contributed by atoms with van der Waals surface area (Å²) in [4.78, 5) is 24.4. The van der Waals surface area contributed by atoms with Crippen LogP contribution in [-0.2, 0) is 0 Å². The zero-order valence-corrected chi connectivity index (χ0v) is 15.6. The van der Waals surface area contributed by atoms with E-state index in [9.17, 15) is 28.0 Å². The van der Waals surface area contributed by atoms with Crippen LogP contribution in [0.15, 0.2) is 53.2 Å². The Bertz CT molecular complexity index is 1110. The number of aryl methyl sites for hydroxylation is 1. The van der Waals surface area contributed by atoms with Gasteiger partial charge in [0.15, 0.2) is 0 Å². The molecule has 0 saturated heterocycles. The van der Waals surface area contributed by atoms with Gasteiger partial charge < -0.3 is 15.1 Å². The molecular formula is C20H15F3N4O3. The molecule has 2 N–H and O–H groups in total. The van der Waals surface area contributed by atoms with Crippen LogP contribution in [0.5, 0.6) is 0 Å². The number of halogens is 3. The number of nitrogens with one attached hydrogen (secondary N) is 2. The van der Waals surface area contributed by atoms with Gasteiger partial charge in [-0.2, -0.15) is 18.4 Å². The third-order valence-electron chi connectivity index (χ3n) is 4.10. The molecule has 10 heteroatoms. The van der Waals surface area contributed by atoms with Gasteiger partial charge in [-0.15, -0.1) is 0 Å². The molecule has 0 unspecified atom stereocenters. The predicted molar refractivity (Wildman–Crippen MR) is 100 cm³/mol. The van der Waals surface area contributed by atoms with E-state index in [2.05, 4.69) is 5.32 Å². The highest BCUT2D eigenvalue weighted by atomic mass is 19.4. The van der Waals surface area contributed by atoms with Gasteiger partial charge in [0.2, 0.25) is 5.88 Å². The van der Waals surface area contributed by atoms with E-state index in [1.165, 1.54) is 24.3 Å². The van der Waals surface area contributed by atoms with Crippen molar-refractivity contribution >= 4 is 17.5 Å². The highest BCUT2D eigenvalue weighted by Gasteiger charge is 2.28. The van der Waals surface area contributed by atoms with Crippen LogP contribution in [0.4, 0.5) is 18.9 Å². The molecule has 2 amide bonds. The number of hydrogen-bond acceptors (Lipinski definition) is 4. The first-order valence-electron chi connectivity index (χ1n) is 8.63. The average Bonchev–Trinajstić information content (AvgIpc) is 3.33. The number of furan rings is 1. The van der Waals surface area contributed by atoms with Crippen LogP contribution in [0, 0.1) is 18.3 Å². The van der Waals surface area contributed by atoms with Gasteiger partial charge in [-0.1, -0.05) is 0 Å². The van der Waals surface area contributed by atoms with Gasteiger partial charge in [-0.25, -0.2) is 0 Å². The van der Waals surface area contributed by atoms with E-state index >= 15 is 0 Å². The summed E-state index contributed by atoms with van der Waals surface area (Å²) in [7, 11) is 0. The minimum Gasteiger partial charge on any atom is -0.443 e. The maximum absolute atomic E-state index is 12.7. The molecule has 0 spiro atoms. The van der Waals surface area contributed by atoms with Crippen LogP contribution in [0.2, 0.25) is 0 Å². The Hall–Kier alpha value is -4.00. The van der Waals surface area contributed by atoms with Crippen molar-refractivity contribution in [2.24, 2.45) is 0 Å². The van der Waals surface area contributed by atoms with Gasteiger partial charge in [0.1, 0.15) is 29.5 Å². The summed E-state index contributed by atoms with van der Waals surface area (Å²) in [5.41, 5.74) is 0.418. The highest BCUT2D eigenvalue weighted by Crippen LogP contribution is 2.26. The number of benzene rings is 1. The van der Waals surface area contributed by atoms with Crippen LogP contribution in [0.3, 0.4) is 0 Å². The van der Waals surface area contributed by atoms with Crippen molar-refractivity contribution in [2.45, 2.75) is 13.1 Å². The predicted octanol–water partition coefficient (Wildman–Crippen LogP) is 3.79. The highest BCUT2D eigenvalue weighted by molar-refractivity contribution is 6.07. The Morgan fingerprint density at radius 1 is 1.13 bits per heavy atom. The van der Waals surface area contributed by atoms with Crippen molar-refractivity contribution in [1.29, 1.82) is 5.26 Å². The first kappa shape index (κ1) is 20.7. The van der Waals surface area contributed by atoms with Crippen LogP contribution in [-0.4, -0.2) is 29.1 Å². The lowest BCUT2D eigenvalue weighted by molar-refractivity contribution is -0.123. The number of nitriles is 1. The normalized spacial score (nSPS) is 11.0. The Morgan fingerprint density at radius 3 is 2.33 bits per heavy atom. The number of carbonyl (C=O) groups excluding carboxylic acids is 2. The Kier molecular flexibility index (Phi) is 5.64. The molecule has 0 saturated carbocycles. The lowest BCUT2D eigenvalue weighted by Gasteiger charge is -2.09. The molecule has 0 bridgehead atoms. The summed E-state index contributed by atoms with van der Waals surface area (Å²) in [5.74, 6) is -1.03. The zero-order chi connectivity index (χ0) is 21.9. The summed E-state index contributed by atoms with van der Waals surface area (Å²) >= 11 is 0. The molecular weight excluding hydrogens is 401 g/mol. The first-order chi connectivity index (χ1) is 14.2. The van der Waals surface area contributed by atoms with Gasteiger partial charge in [0.05, 0.1) is 0 Å². The molecule has 0 fully saturated rings. The van der Waals surface area contributed by atoms with Crippen molar-refractivity contribution in [3.8, 4) is 12.0 Å². The van der Waals surface area contributed by atoms with Gasteiger partial charge >= 0.3 is 6.18 Å². The summed E-state index contributed by atoms with van der Waals surface area (Å²) < 4.78 is 43.7. The molecule has 0 radical (unpaired) electrons. The van der Waals surface area contributed by atoms with Gasteiger partial charge in [0, 0.05) is 23.6 Å². The molecule has 7 nitrogen and oxygen atoms in total. The lowest BCUT2D eigenvalue weighted by Crippen LogP contribution is -2.33. The third kappa shape index (κ3) is 4.52. The largest absolute Gasteiger partial charge is 0.443 e. The SMILES string of the molecule is Cc1oc(-n2cccc2)c(C#N)c1C(=O)Nc1ccc(C(=O)NCC(F)(F)F)cc1. The minimum absolute atomic E-state index is 0.00403. The zero-order valence-electron chi connectivity index (χ0n) is 15.6. The van der Waals surface area contributed by atoms with E-state index in [4.69, 9.17) is 4.42 Å². The molecule has 3 aromatic rings. The van der Waals surface area contributed by atoms with E-state index in [1.54, 1.807) is 41.3 Å². The molecule has 0 aliphatic heterocycles. The maximum atomic E-state index is 12.7. The smallest absolute Gasteiger partial charge is 0.405 e. The summed E-state index contributed by atoms with van der Waals surface area (Å²) in [5, 5.41) is 13.8. The Balaban J connectivity index is 1.76. The third-order valence-corrected chi connectivity index (χ3v) is 4.10. The van der Waals surface area contributed by atoms with Crippen LogP contribution >= 0.6 is 0 Å². The average molecular weight is 416 g/mol.